The number of para-hydroxylation sites is 1. The van der Waals surface area contributed by atoms with Crippen LogP contribution in [0.25, 0.3) is 16.9 Å². The minimum Gasteiger partial charge on any atom is -0.267 e. The number of aromatic nitrogens is 2. The van der Waals surface area contributed by atoms with Crippen LogP contribution in [-0.4, -0.2) is 26.8 Å². The number of nitro benzene ring substituents is 1. The highest BCUT2D eigenvalue weighted by Crippen LogP contribution is 2.25. The fraction of sp³-hybridized carbons (Fsp3) is 0. The molecule has 0 saturated carbocycles. The highest BCUT2D eigenvalue weighted by atomic mass is 79.9. The van der Waals surface area contributed by atoms with Gasteiger partial charge in [0.25, 0.3) is 11.6 Å². The van der Waals surface area contributed by atoms with E-state index >= 15 is 0 Å². The molecule has 3 aromatic carbocycles. The second kappa shape index (κ2) is 9.36. The normalized spacial score (nSPS) is 10.9. The first-order valence-electron chi connectivity index (χ1n) is 9.50. The molecule has 4 rings (SSSR count). The van der Waals surface area contributed by atoms with Gasteiger partial charge in [-0.3, -0.25) is 14.9 Å². The van der Waals surface area contributed by atoms with Crippen molar-refractivity contribution in [3.63, 3.8) is 0 Å². The van der Waals surface area contributed by atoms with E-state index in [1.54, 1.807) is 47.3 Å². The van der Waals surface area contributed by atoms with Gasteiger partial charge in [0.2, 0.25) is 0 Å². The number of nitrogens with one attached hydrogen (secondary N) is 1. The van der Waals surface area contributed by atoms with Crippen LogP contribution in [0.15, 0.2) is 94.6 Å². The molecule has 1 aromatic heterocycles. The van der Waals surface area contributed by atoms with Crippen LogP contribution in [0.3, 0.4) is 0 Å². The third-order valence-corrected chi connectivity index (χ3v) is 5.12. The van der Waals surface area contributed by atoms with Crippen LogP contribution >= 0.6 is 15.9 Å². The molecule has 8 nitrogen and oxygen atoms in total. The molecule has 0 unspecified atom stereocenters. The Kier molecular flexibility index (Phi) is 6.18. The zero-order valence-corrected chi connectivity index (χ0v) is 18.1. The summed E-state index contributed by atoms with van der Waals surface area (Å²) in [6.45, 7) is 0. The maximum Gasteiger partial charge on any atom is 0.271 e. The van der Waals surface area contributed by atoms with Crippen molar-refractivity contribution in [2.45, 2.75) is 0 Å². The Balaban J connectivity index is 1.64. The standard InChI is InChI=1S/C23H16BrN5O3/c24-19-10-6-17(7-11-19)23(30)26-25-14-18-15-28(20-4-2-1-3-5-20)27-22(18)16-8-12-21(13-9-16)29(31)32/h1-15H,(H,26,30)/b25-14+. The fourth-order valence-corrected chi connectivity index (χ4v) is 3.25. The SMILES string of the molecule is O=C(N/N=C/c1cn(-c2ccccc2)nc1-c1ccc([N+](=O)[O-])cc1)c1ccc(Br)cc1. The van der Waals surface area contributed by atoms with E-state index in [-0.39, 0.29) is 11.6 Å². The highest BCUT2D eigenvalue weighted by Gasteiger charge is 2.13. The van der Waals surface area contributed by atoms with Gasteiger partial charge in [-0.25, -0.2) is 10.1 Å². The average molecular weight is 490 g/mol. The number of rotatable bonds is 6. The second-order valence-electron chi connectivity index (χ2n) is 6.72. The fourth-order valence-electron chi connectivity index (χ4n) is 2.99. The van der Waals surface area contributed by atoms with Crippen molar-refractivity contribution in [2.24, 2.45) is 5.10 Å². The average Bonchev–Trinajstić information content (AvgIpc) is 3.24. The van der Waals surface area contributed by atoms with Crippen LogP contribution in [-0.2, 0) is 0 Å². The van der Waals surface area contributed by atoms with Gasteiger partial charge in [0.05, 0.1) is 16.8 Å². The van der Waals surface area contributed by atoms with E-state index in [9.17, 15) is 14.9 Å². The summed E-state index contributed by atoms with van der Waals surface area (Å²) in [6, 6.07) is 22.5. The summed E-state index contributed by atoms with van der Waals surface area (Å²) in [7, 11) is 0. The number of hydrogen-bond acceptors (Lipinski definition) is 5. The largest absolute Gasteiger partial charge is 0.271 e. The summed E-state index contributed by atoms with van der Waals surface area (Å²) in [5, 5.41) is 19.7. The first-order chi connectivity index (χ1) is 15.5. The number of amides is 1. The predicted octanol–water partition coefficient (Wildman–Crippen LogP) is 4.97. The van der Waals surface area contributed by atoms with Gasteiger partial charge in [-0.2, -0.15) is 10.2 Å². The van der Waals surface area contributed by atoms with Crippen molar-refractivity contribution in [3.8, 4) is 16.9 Å². The molecule has 0 aliphatic heterocycles. The van der Waals surface area contributed by atoms with Crippen molar-refractivity contribution < 1.29 is 9.72 Å². The Morgan fingerprint density at radius 3 is 2.38 bits per heavy atom. The van der Waals surface area contributed by atoms with Gasteiger partial charge in [-0.1, -0.05) is 34.1 Å². The van der Waals surface area contributed by atoms with E-state index in [0.29, 0.717) is 22.4 Å². The van der Waals surface area contributed by atoms with Crippen molar-refractivity contribution in [2.75, 3.05) is 0 Å². The number of hydrogen-bond donors (Lipinski definition) is 1. The molecule has 0 atom stereocenters. The molecule has 1 amide bonds. The molecular weight excluding hydrogens is 474 g/mol. The molecule has 158 valence electrons. The number of benzene rings is 3. The predicted molar refractivity (Wildman–Crippen MR) is 125 cm³/mol. The van der Waals surface area contributed by atoms with Crippen LogP contribution in [0, 0.1) is 10.1 Å². The topological polar surface area (TPSA) is 102 Å². The zero-order chi connectivity index (χ0) is 22.5. The number of nitrogens with zero attached hydrogens (tertiary/aromatic N) is 4. The summed E-state index contributed by atoms with van der Waals surface area (Å²) >= 11 is 3.33. The Labute approximate surface area is 191 Å². The van der Waals surface area contributed by atoms with Crippen molar-refractivity contribution in [3.05, 3.63) is 111 Å². The van der Waals surface area contributed by atoms with E-state index in [4.69, 9.17) is 0 Å². The summed E-state index contributed by atoms with van der Waals surface area (Å²) in [5.41, 5.74) is 5.71. The van der Waals surface area contributed by atoms with E-state index in [2.05, 4.69) is 31.6 Å². The lowest BCUT2D eigenvalue weighted by atomic mass is 10.1. The molecule has 0 saturated heterocycles. The number of carbonyl (C=O) groups is 1. The molecule has 0 aliphatic carbocycles. The van der Waals surface area contributed by atoms with Crippen LogP contribution in [0.4, 0.5) is 5.69 Å². The number of carbonyl (C=O) groups excluding carboxylic acids is 1. The molecular formula is C23H16BrN5O3. The van der Waals surface area contributed by atoms with Gasteiger partial charge < -0.3 is 0 Å². The summed E-state index contributed by atoms with van der Waals surface area (Å²) in [6.07, 6.45) is 3.28. The maximum absolute atomic E-state index is 12.3. The lowest BCUT2D eigenvalue weighted by Gasteiger charge is -2.01. The van der Waals surface area contributed by atoms with Gasteiger partial charge in [0.15, 0.2) is 0 Å². The van der Waals surface area contributed by atoms with Crippen LogP contribution in [0.2, 0.25) is 0 Å². The third-order valence-electron chi connectivity index (χ3n) is 4.59. The maximum atomic E-state index is 12.3. The van der Waals surface area contributed by atoms with Crippen molar-refractivity contribution in [1.82, 2.24) is 15.2 Å². The molecule has 0 radical (unpaired) electrons. The summed E-state index contributed by atoms with van der Waals surface area (Å²) in [5.74, 6) is -0.346. The minimum atomic E-state index is -0.452. The molecule has 1 N–H and O–H groups in total. The Bertz CT molecular complexity index is 1280. The first-order valence-corrected chi connectivity index (χ1v) is 10.3. The lowest BCUT2D eigenvalue weighted by molar-refractivity contribution is -0.384. The van der Waals surface area contributed by atoms with Crippen LogP contribution < -0.4 is 5.43 Å². The number of nitro groups is 1. The van der Waals surface area contributed by atoms with Gasteiger partial charge in [0, 0.05) is 39.5 Å². The quantitative estimate of drug-likeness (QED) is 0.234. The Morgan fingerprint density at radius 1 is 1.03 bits per heavy atom. The molecule has 4 aromatic rings. The zero-order valence-electron chi connectivity index (χ0n) is 16.6. The number of hydrazone groups is 1. The molecule has 0 aliphatic rings. The van der Waals surface area contributed by atoms with E-state index in [0.717, 1.165) is 10.2 Å². The molecule has 9 heteroatoms. The van der Waals surface area contributed by atoms with Crippen molar-refractivity contribution in [1.29, 1.82) is 0 Å². The highest BCUT2D eigenvalue weighted by molar-refractivity contribution is 9.10. The van der Waals surface area contributed by atoms with Crippen molar-refractivity contribution >= 4 is 33.7 Å². The third kappa shape index (κ3) is 4.79. The first kappa shape index (κ1) is 21.1. The summed E-state index contributed by atoms with van der Waals surface area (Å²) < 4.78 is 2.56. The Hall–Kier alpha value is -4.11. The van der Waals surface area contributed by atoms with Gasteiger partial charge in [-0.15, -0.1) is 0 Å². The van der Waals surface area contributed by atoms with Gasteiger partial charge in [-0.05, 0) is 48.5 Å². The molecule has 1 heterocycles. The second-order valence-corrected chi connectivity index (χ2v) is 7.64. The molecule has 32 heavy (non-hydrogen) atoms. The van der Waals surface area contributed by atoms with E-state index < -0.39 is 4.92 Å². The molecule has 0 fully saturated rings. The van der Waals surface area contributed by atoms with E-state index in [1.165, 1.54) is 18.3 Å². The summed E-state index contributed by atoms with van der Waals surface area (Å²) in [4.78, 5) is 22.8. The molecule has 0 bridgehead atoms. The Morgan fingerprint density at radius 2 is 1.72 bits per heavy atom. The number of non-ortho nitro benzene ring substituents is 1. The smallest absolute Gasteiger partial charge is 0.267 e. The van der Waals surface area contributed by atoms with Gasteiger partial charge in [0.1, 0.15) is 5.69 Å². The monoisotopic (exact) mass is 489 g/mol. The van der Waals surface area contributed by atoms with Crippen LogP contribution in [0.5, 0.6) is 0 Å². The van der Waals surface area contributed by atoms with Gasteiger partial charge >= 0.3 is 0 Å². The lowest BCUT2D eigenvalue weighted by Crippen LogP contribution is -2.17. The minimum absolute atomic E-state index is 0.00628. The van der Waals surface area contributed by atoms with E-state index in [1.807, 2.05) is 30.3 Å². The number of halogens is 1. The van der Waals surface area contributed by atoms with Crippen LogP contribution in [0.1, 0.15) is 15.9 Å². The molecule has 0 spiro atoms.